The van der Waals surface area contributed by atoms with E-state index < -0.39 is 0 Å². The van der Waals surface area contributed by atoms with Gasteiger partial charge in [0.2, 0.25) is 0 Å². The predicted octanol–water partition coefficient (Wildman–Crippen LogP) is -0.680. The standard InChI is InChI=1S/C3H6O.3CH5N/c1-2-3-4;3*1-2/h3H,2H2,1H3;3*2H2,1H3. The number of aldehydes is 1. The highest BCUT2D eigenvalue weighted by Crippen LogP contribution is 1.53. The van der Waals surface area contributed by atoms with Gasteiger partial charge in [-0.2, -0.15) is 0 Å². The number of carbonyl (C=O) groups excluding carboxylic acids is 1. The second-order valence-electron chi connectivity index (χ2n) is 0.575. The van der Waals surface area contributed by atoms with Crippen LogP contribution >= 0.6 is 0 Å². The molecule has 4 heteroatoms. The van der Waals surface area contributed by atoms with Crippen LogP contribution in [-0.2, 0) is 4.79 Å². The third-order valence-electron chi connectivity index (χ3n) is 0.167. The highest BCUT2D eigenvalue weighted by molar-refractivity contribution is 5.48. The minimum atomic E-state index is 0.639. The van der Waals surface area contributed by atoms with Gasteiger partial charge < -0.3 is 22.0 Å². The summed E-state index contributed by atoms with van der Waals surface area (Å²) in [7, 11) is 4.50. The van der Waals surface area contributed by atoms with Crippen molar-refractivity contribution in [1.29, 1.82) is 0 Å². The Hall–Kier alpha value is -0.450. The van der Waals surface area contributed by atoms with E-state index in [-0.39, 0.29) is 0 Å². The van der Waals surface area contributed by atoms with Gasteiger partial charge in [-0.3, -0.25) is 0 Å². The lowest BCUT2D eigenvalue weighted by Crippen LogP contribution is -1.69. The Bertz CT molecular complexity index is 27.0. The van der Waals surface area contributed by atoms with Crippen molar-refractivity contribution in [3.8, 4) is 0 Å². The Morgan fingerprint density at radius 1 is 1.00 bits per heavy atom. The van der Waals surface area contributed by atoms with Gasteiger partial charge in [0.1, 0.15) is 6.29 Å². The summed E-state index contributed by atoms with van der Waals surface area (Å²) in [6.45, 7) is 1.81. The van der Waals surface area contributed by atoms with Gasteiger partial charge >= 0.3 is 0 Å². The smallest absolute Gasteiger partial charge is 0.119 e. The van der Waals surface area contributed by atoms with Crippen LogP contribution in [0.15, 0.2) is 0 Å². The molecule has 0 aromatic carbocycles. The number of hydrogen-bond acceptors (Lipinski definition) is 4. The van der Waals surface area contributed by atoms with Crippen LogP contribution in [0.1, 0.15) is 13.3 Å². The van der Waals surface area contributed by atoms with Crippen LogP contribution in [0.5, 0.6) is 0 Å². The average Bonchev–Trinajstić information content (AvgIpc) is 2.14. The fraction of sp³-hybridized carbons (Fsp3) is 0.833. The third-order valence-corrected chi connectivity index (χ3v) is 0.167. The van der Waals surface area contributed by atoms with Crippen LogP contribution in [-0.4, -0.2) is 27.4 Å². The molecule has 0 fully saturated rings. The van der Waals surface area contributed by atoms with Gasteiger partial charge in [0.25, 0.3) is 0 Å². The summed E-state index contributed by atoms with van der Waals surface area (Å²) in [4.78, 5) is 9.17. The van der Waals surface area contributed by atoms with Crippen LogP contribution < -0.4 is 17.2 Å². The van der Waals surface area contributed by atoms with Crippen molar-refractivity contribution < 1.29 is 4.79 Å². The molecule has 0 heterocycles. The largest absolute Gasteiger partial charge is 0.333 e. The van der Waals surface area contributed by atoms with Crippen molar-refractivity contribution in [3.05, 3.63) is 0 Å². The van der Waals surface area contributed by atoms with E-state index in [1.54, 1.807) is 0 Å². The topological polar surface area (TPSA) is 95.1 Å². The van der Waals surface area contributed by atoms with Crippen LogP contribution in [0.3, 0.4) is 0 Å². The maximum Gasteiger partial charge on any atom is 0.119 e. The van der Waals surface area contributed by atoms with Crippen LogP contribution in [0.25, 0.3) is 0 Å². The first-order valence-corrected chi connectivity index (χ1v) is 3.08. The SMILES string of the molecule is CCC=O.CN.CN.CN. The third kappa shape index (κ3) is 1070. The first-order chi connectivity index (χ1) is 4.91. The number of hydrogen-bond donors (Lipinski definition) is 3. The van der Waals surface area contributed by atoms with Gasteiger partial charge in [0, 0.05) is 6.42 Å². The summed E-state index contributed by atoms with van der Waals surface area (Å²) in [5, 5.41) is 0. The lowest BCUT2D eigenvalue weighted by molar-refractivity contribution is -0.107. The van der Waals surface area contributed by atoms with Gasteiger partial charge in [-0.15, -0.1) is 0 Å². The van der Waals surface area contributed by atoms with E-state index in [0.717, 1.165) is 6.29 Å². The van der Waals surface area contributed by atoms with Gasteiger partial charge in [0.05, 0.1) is 0 Å². The van der Waals surface area contributed by atoms with Gasteiger partial charge in [-0.1, -0.05) is 6.92 Å². The average molecular weight is 151 g/mol. The van der Waals surface area contributed by atoms with Gasteiger partial charge in [0.15, 0.2) is 0 Å². The normalized spacial score (nSPS) is 4.30. The zero-order valence-electron chi connectivity index (χ0n) is 7.42. The van der Waals surface area contributed by atoms with E-state index in [4.69, 9.17) is 0 Å². The van der Waals surface area contributed by atoms with E-state index in [2.05, 4.69) is 17.2 Å². The molecule has 0 unspecified atom stereocenters. The molecule has 0 atom stereocenters. The molecule has 6 N–H and O–H groups in total. The van der Waals surface area contributed by atoms with E-state index in [9.17, 15) is 4.79 Å². The van der Waals surface area contributed by atoms with Crippen molar-refractivity contribution in [2.45, 2.75) is 13.3 Å². The molecule has 0 aliphatic heterocycles. The Balaban J connectivity index is -0.0000000262. The number of rotatable bonds is 1. The highest BCUT2D eigenvalue weighted by Gasteiger charge is 1.52. The fourth-order valence-electron chi connectivity index (χ4n) is 0. The van der Waals surface area contributed by atoms with E-state index in [0.29, 0.717) is 6.42 Å². The molecule has 10 heavy (non-hydrogen) atoms. The zero-order chi connectivity index (χ0) is 9.41. The second kappa shape index (κ2) is 203. The Labute approximate surface area is 63.8 Å². The van der Waals surface area contributed by atoms with E-state index in [1.165, 1.54) is 21.1 Å². The number of nitrogens with two attached hydrogens (primary N) is 3. The van der Waals surface area contributed by atoms with Crippen LogP contribution in [0.2, 0.25) is 0 Å². The summed E-state index contributed by atoms with van der Waals surface area (Å²) >= 11 is 0. The molecular weight excluding hydrogens is 130 g/mol. The summed E-state index contributed by atoms with van der Waals surface area (Å²) in [6.07, 6.45) is 1.51. The maximum atomic E-state index is 9.17. The Kier molecular flexibility index (Phi) is 460. The van der Waals surface area contributed by atoms with Crippen molar-refractivity contribution in [1.82, 2.24) is 0 Å². The van der Waals surface area contributed by atoms with Crippen molar-refractivity contribution in [2.75, 3.05) is 21.1 Å². The molecule has 0 saturated carbocycles. The molecule has 4 nitrogen and oxygen atoms in total. The van der Waals surface area contributed by atoms with E-state index in [1.807, 2.05) is 6.92 Å². The van der Waals surface area contributed by atoms with Gasteiger partial charge in [-0.25, -0.2) is 0 Å². The summed E-state index contributed by atoms with van der Waals surface area (Å²) in [5.74, 6) is 0. The maximum absolute atomic E-state index is 9.17. The summed E-state index contributed by atoms with van der Waals surface area (Å²) in [6, 6.07) is 0. The first kappa shape index (κ1) is 22.7. The fourth-order valence-corrected chi connectivity index (χ4v) is 0. The highest BCUT2D eigenvalue weighted by atomic mass is 16.1. The van der Waals surface area contributed by atoms with Crippen molar-refractivity contribution in [2.24, 2.45) is 17.2 Å². The minimum absolute atomic E-state index is 0.639. The molecule has 0 amide bonds. The van der Waals surface area contributed by atoms with E-state index >= 15 is 0 Å². The Morgan fingerprint density at radius 3 is 1.10 bits per heavy atom. The van der Waals surface area contributed by atoms with Gasteiger partial charge in [-0.05, 0) is 21.1 Å². The monoisotopic (exact) mass is 151 g/mol. The summed E-state index contributed by atoms with van der Waals surface area (Å²) < 4.78 is 0. The molecule has 0 aliphatic rings. The molecule has 0 aliphatic carbocycles. The molecule has 0 rings (SSSR count). The molecule has 0 spiro atoms. The molecule has 0 saturated heterocycles. The van der Waals surface area contributed by atoms with Crippen LogP contribution in [0.4, 0.5) is 0 Å². The van der Waals surface area contributed by atoms with Crippen molar-refractivity contribution >= 4 is 6.29 Å². The number of carbonyl (C=O) groups is 1. The molecule has 0 bridgehead atoms. The predicted molar refractivity (Wildman–Crippen MR) is 46.7 cm³/mol. The first-order valence-electron chi connectivity index (χ1n) is 3.08. The second-order valence-corrected chi connectivity index (χ2v) is 0.575. The molecular formula is C6H21N3O. The molecule has 0 radical (unpaired) electrons. The summed E-state index contributed by atoms with van der Waals surface area (Å²) in [5.41, 5.74) is 13.5. The van der Waals surface area contributed by atoms with Crippen LogP contribution in [0, 0.1) is 0 Å². The molecule has 0 aromatic rings. The quantitative estimate of drug-likeness (QED) is 0.433. The molecule has 0 aromatic heterocycles. The molecule has 66 valence electrons. The Morgan fingerprint density at radius 2 is 1.10 bits per heavy atom. The van der Waals surface area contributed by atoms with Crippen molar-refractivity contribution in [3.63, 3.8) is 0 Å². The zero-order valence-corrected chi connectivity index (χ0v) is 7.42. The lowest BCUT2D eigenvalue weighted by Gasteiger charge is -1.51. The lowest BCUT2D eigenvalue weighted by atomic mass is 10.6. The minimum Gasteiger partial charge on any atom is -0.333 e.